The fourth-order valence-electron chi connectivity index (χ4n) is 3.13. The highest BCUT2D eigenvalue weighted by Gasteiger charge is 2.26. The maximum Gasteiger partial charge on any atom is 0.333 e. The molecule has 2 N–H and O–H groups in total. The Morgan fingerprint density at radius 3 is 2.00 bits per heavy atom. The van der Waals surface area contributed by atoms with Crippen LogP contribution in [0.1, 0.15) is 69.9 Å². The minimum atomic E-state index is -3.88. The van der Waals surface area contributed by atoms with Crippen LogP contribution in [0.3, 0.4) is 0 Å². The van der Waals surface area contributed by atoms with Gasteiger partial charge in [0.2, 0.25) is 0 Å². The molecule has 2 rings (SSSR count). The van der Waals surface area contributed by atoms with Crippen molar-refractivity contribution in [1.82, 2.24) is 9.03 Å². The van der Waals surface area contributed by atoms with Gasteiger partial charge in [0, 0.05) is 18.8 Å². The fraction of sp³-hybridized carbons (Fsp3) is 0.611. The lowest BCUT2D eigenvalue weighted by atomic mass is 9.92. The van der Waals surface area contributed by atoms with Crippen molar-refractivity contribution in [3.05, 3.63) is 29.1 Å². The molecule has 26 heavy (non-hydrogen) atoms. The molecule has 0 radical (unpaired) electrons. The number of urea groups is 1. The lowest BCUT2D eigenvalue weighted by molar-refractivity contribution is 0.255. The van der Waals surface area contributed by atoms with Crippen LogP contribution in [0.15, 0.2) is 12.1 Å². The van der Waals surface area contributed by atoms with Gasteiger partial charge in [0.05, 0.1) is 0 Å². The first-order chi connectivity index (χ1) is 12.1. The molecule has 2 amide bonds. The molecule has 0 spiro atoms. The SMILES string of the molecule is CC(C)c1cc(F)cc(C(C)C)c1NC(=O)NS(=O)(=O)N1CCCCC1. The zero-order valence-electron chi connectivity index (χ0n) is 15.8. The van der Waals surface area contributed by atoms with Crippen LogP contribution in [-0.2, 0) is 10.2 Å². The lowest BCUT2D eigenvalue weighted by Gasteiger charge is -2.26. The van der Waals surface area contributed by atoms with Gasteiger partial charge in [0.25, 0.3) is 0 Å². The second-order valence-corrected chi connectivity index (χ2v) is 8.96. The molecule has 1 aliphatic rings. The van der Waals surface area contributed by atoms with Crippen molar-refractivity contribution in [2.75, 3.05) is 18.4 Å². The van der Waals surface area contributed by atoms with E-state index in [1.165, 1.54) is 16.4 Å². The maximum atomic E-state index is 13.9. The quantitative estimate of drug-likeness (QED) is 0.806. The Labute approximate surface area is 155 Å². The van der Waals surface area contributed by atoms with E-state index in [-0.39, 0.29) is 17.7 Å². The highest BCUT2D eigenvalue weighted by Crippen LogP contribution is 2.33. The summed E-state index contributed by atoms with van der Waals surface area (Å²) in [6.07, 6.45) is 2.56. The minimum absolute atomic E-state index is 0.0304. The third-order valence-corrected chi connectivity index (χ3v) is 6.01. The zero-order chi connectivity index (χ0) is 19.5. The van der Waals surface area contributed by atoms with E-state index < -0.39 is 16.2 Å². The molecule has 1 fully saturated rings. The van der Waals surface area contributed by atoms with Crippen molar-refractivity contribution in [3.63, 3.8) is 0 Å². The summed E-state index contributed by atoms with van der Waals surface area (Å²) in [5.74, 6) is -0.432. The number of anilines is 1. The zero-order valence-corrected chi connectivity index (χ0v) is 16.6. The first kappa shape index (κ1) is 20.6. The van der Waals surface area contributed by atoms with E-state index in [2.05, 4.69) is 10.0 Å². The number of nitrogens with zero attached hydrogens (tertiary/aromatic N) is 1. The molecule has 1 aromatic carbocycles. The number of piperidine rings is 1. The number of rotatable bonds is 5. The summed E-state index contributed by atoms with van der Waals surface area (Å²) in [5, 5.41) is 2.64. The van der Waals surface area contributed by atoms with Gasteiger partial charge in [-0.3, -0.25) is 0 Å². The highest BCUT2D eigenvalue weighted by atomic mass is 32.2. The average molecular weight is 386 g/mol. The number of carbonyl (C=O) groups excluding carboxylic acids is 1. The molecule has 6 nitrogen and oxygen atoms in total. The van der Waals surface area contributed by atoms with Crippen LogP contribution in [-0.4, -0.2) is 31.8 Å². The number of carbonyl (C=O) groups is 1. The number of halogens is 1. The maximum absolute atomic E-state index is 13.9. The van der Waals surface area contributed by atoms with Crippen molar-refractivity contribution < 1.29 is 17.6 Å². The molecule has 1 aromatic rings. The van der Waals surface area contributed by atoms with Gasteiger partial charge in [-0.25, -0.2) is 13.9 Å². The van der Waals surface area contributed by atoms with E-state index in [1.807, 2.05) is 27.7 Å². The third kappa shape index (κ3) is 4.94. The summed E-state index contributed by atoms with van der Waals surface area (Å²) in [7, 11) is -3.88. The van der Waals surface area contributed by atoms with Gasteiger partial charge in [-0.2, -0.15) is 12.7 Å². The van der Waals surface area contributed by atoms with E-state index >= 15 is 0 Å². The summed E-state index contributed by atoms with van der Waals surface area (Å²) in [5.41, 5.74) is 1.75. The van der Waals surface area contributed by atoms with Gasteiger partial charge in [0.1, 0.15) is 5.82 Å². The van der Waals surface area contributed by atoms with Gasteiger partial charge in [-0.15, -0.1) is 0 Å². The topological polar surface area (TPSA) is 78.5 Å². The fourth-order valence-corrected chi connectivity index (χ4v) is 4.28. The summed E-state index contributed by atoms with van der Waals surface area (Å²) in [4.78, 5) is 12.4. The van der Waals surface area contributed by atoms with E-state index in [0.29, 0.717) is 29.9 Å². The van der Waals surface area contributed by atoms with Gasteiger partial charge in [-0.05, 0) is 47.9 Å². The Balaban J connectivity index is 2.25. The molecule has 1 saturated heterocycles. The van der Waals surface area contributed by atoms with Crippen LogP contribution >= 0.6 is 0 Å². The van der Waals surface area contributed by atoms with Crippen LogP contribution in [0.25, 0.3) is 0 Å². The van der Waals surface area contributed by atoms with Crippen LogP contribution in [0, 0.1) is 5.82 Å². The molecule has 0 aromatic heterocycles. The Hall–Kier alpha value is -1.67. The lowest BCUT2D eigenvalue weighted by Crippen LogP contribution is -2.47. The molecular formula is C18H28FN3O3S. The molecule has 1 aliphatic heterocycles. The number of hydrogen-bond donors (Lipinski definition) is 2. The number of benzene rings is 1. The third-order valence-electron chi connectivity index (χ3n) is 4.52. The first-order valence-electron chi connectivity index (χ1n) is 9.04. The predicted octanol–water partition coefficient (Wildman–Crippen LogP) is 3.92. The summed E-state index contributed by atoms with van der Waals surface area (Å²) in [6, 6.07) is 1.93. The summed E-state index contributed by atoms with van der Waals surface area (Å²) < 4.78 is 42.1. The van der Waals surface area contributed by atoms with Crippen molar-refractivity contribution >= 4 is 21.9 Å². The van der Waals surface area contributed by atoms with E-state index in [4.69, 9.17) is 0 Å². The van der Waals surface area contributed by atoms with E-state index in [1.54, 1.807) is 0 Å². The molecular weight excluding hydrogens is 357 g/mol. The molecule has 8 heteroatoms. The smallest absolute Gasteiger partial charge is 0.307 e. The highest BCUT2D eigenvalue weighted by molar-refractivity contribution is 7.87. The molecule has 0 bridgehead atoms. The van der Waals surface area contributed by atoms with Crippen molar-refractivity contribution in [3.8, 4) is 0 Å². The van der Waals surface area contributed by atoms with Crippen molar-refractivity contribution in [2.45, 2.75) is 58.8 Å². The van der Waals surface area contributed by atoms with E-state index in [9.17, 15) is 17.6 Å². The van der Waals surface area contributed by atoms with Gasteiger partial charge >= 0.3 is 16.2 Å². The Morgan fingerprint density at radius 2 is 1.54 bits per heavy atom. The standard InChI is InChI=1S/C18H28FN3O3S/c1-12(2)15-10-14(19)11-16(13(3)4)17(15)20-18(23)21-26(24,25)22-8-6-5-7-9-22/h10-13H,5-9H2,1-4H3,(H2,20,21,23). The first-order valence-corrected chi connectivity index (χ1v) is 10.5. The van der Waals surface area contributed by atoms with Crippen molar-refractivity contribution in [2.24, 2.45) is 0 Å². The molecule has 146 valence electrons. The van der Waals surface area contributed by atoms with Gasteiger partial charge < -0.3 is 5.32 Å². The van der Waals surface area contributed by atoms with Crippen molar-refractivity contribution in [1.29, 1.82) is 0 Å². The monoisotopic (exact) mass is 385 g/mol. The molecule has 0 atom stereocenters. The Morgan fingerprint density at radius 1 is 1.04 bits per heavy atom. The van der Waals surface area contributed by atoms with Gasteiger partial charge in [-0.1, -0.05) is 34.1 Å². The molecule has 1 heterocycles. The number of hydrogen-bond acceptors (Lipinski definition) is 3. The summed E-state index contributed by atoms with van der Waals surface area (Å²) >= 11 is 0. The molecule has 0 saturated carbocycles. The largest absolute Gasteiger partial charge is 0.333 e. The minimum Gasteiger partial charge on any atom is -0.307 e. The number of amides is 2. The number of nitrogens with one attached hydrogen (secondary N) is 2. The molecule has 0 unspecified atom stereocenters. The van der Waals surface area contributed by atoms with Crippen LogP contribution in [0.4, 0.5) is 14.9 Å². The van der Waals surface area contributed by atoms with E-state index in [0.717, 1.165) is 19.3 Å². The van der Waals surface area contributed by atoms with Crippen LogP contribution < -0.4 is 10.0 Å². The second-order valence-electron chi connectivity index (χ2n) is 7.29. The Kier molecular flexibility index (Phi) is 6.63. The normalized spacial score (nSPS) is 16.1. The van der Waals surface area contributed by atoms with Crippen LogP contribution in [0.5, 0.6) is 0 Å². The molecule has 0 aliphatic carbocycles. The Bertz CT molecular complexity index is 728. The second kappa shape index (κ2) is 8.35. The predicted molar refractivity (Wildman–Crippen MR) is 101 cm³/mol. The summed E-state index contributed by atoms with van der Waals surface area (Å²) in [6.45, 7) is 8.40. The average Bonchev–Trinajstić information content (AvgIpc) is 2.56. The van der Waals surface area contributed by atoms with Gasteiger partial charge in [0.15, 0.2) is 0 Å². The van der Waals surface area contributed by atoms with Crippen LogP contribution in [0.2, 0.25) is 0 Å².